The van der Waals surface area contributed by atoms with Crippen LogP contribution in [-0.4, -0.2) is 11.1 Å². The second-order valence-corrected chi connectivity index (χ2v) is 3.26. The number of aromatic nitrogens is 1. The van der Waals surface area contributed by atoms with Gasteiger partial charge in [-0.15, -0.1) is 0 Å². The van der Waals surface area contributed by atoms with Crippen LogP contribution in [0.5, 0.6) is 5.75 Å². The van der Waals surface area contributed by atoms with Crippen molar-refractivity contribution < 1.29 is 18.4 Å². The predicted molar refractivity (Wildman–Crippen MR) is 52.9 cm³/mol. The molecule has 16 heavy (non-hydrogen) atoms. The summed E-state index contributed by atoms with van der Waals surface area (Å²) < 4.78 is 22.5. The Morgan fingerprint density at radius 2 is 2.31 bits per heavy atom. The molecule has 1 aromatic heterocycles. The van der Waals surface area contributed by atoms with Gasteiger partial charge in [-0.2, -0.15) is 0 Å². The first-order chi connectivity index (χ1) is 7.68. The highest BCUT2D eigenvalue weighted by molar-refractivity contribution is 6.32. The van der Waals surface area contributed by atoms with Crippen LogP contribution in [0, 0.1) is 5.82 Å². The van der Waals surface area contributed by atoms with E-state index in [-0.39, 0.29) is 16.3 Å². The van der Waals surface area contributed by atoms with Crippen molar-refractivity contribution in [1.82, 2.24) is 5.16 Å². The number of hydrogen-bond acceptors (Lipinski definition) is 4. The number of halogens is 2. The minimum absolute atomic E-state index is 0.0183. The standard InChI is InChI=1S/C10H5ClFNO3/c11-7-2-1-3-8(12)9(7)16-10(14)6-4-13-15-5-6/h1-5H. The van der Waals surface area contributed by atoms with Gasteiger partial charge < -0.3 is 9.26 Å². The van der Waals surface area contributed by atoms with Crippen molar-refractivity contribution in [2.45, 2.75) is 0 Å². The normalized spacial score (nSPS) is 10.1. The van der Waals surface area contributed by atoms with Crippen molar-refractivity contribution in [2.75, 3.05) is 0 Å². The Morgan fingerprint density at radius 1 is 1.50 bits per heavy atom. The fourth-order valence-corrected chi connectivity index (χ4v) is 1.24. The van der Waals surface area contributed by atoms with Crippen molar-refractivity contribution in [3.8, 4) is 5.75 Å². The Labute approximate surface area is 94.6 Å². The molecule has 0 spiro atoms. The zero-order chi connectivity index (χ0) is 11.5. The van der Waals surface area contributed by atoms with Crippen molar-refractivity contribution in [3.05, 3.63) is 47.1 Å². The maximum absolute atomic E-state index is 13.3. The molecule has 0 aliphatic rings. The monoisotopic (exact) mass is 241 g/mol. The lowest BCUT2D eigenvalue weighted by atomic mass is 10.3. The van der Waals surface area contributed by atoms with Gasteiger partial charge in [-0.3, -0.25) is 0 Å². The zero-order valence-electron chi connectivity index (χ0n) is 7.81. The van der Waals surface area contributed by atoms with Crippen LogP contribution in [0.4, 0.5) is 4.39 Å². The van der Waals surface area contributed by atoms with Gasteiger partial charge >= 0.3 is 5.97 Å². The van der Waals surface area contributed by atoms with E-state index in [0.29, 0.717) is 0 Å². The molecule has 0 bridgehead atoms. The second kappa shape index (κ2) is 4.32. The lowest BCUT2D eigenvalue weighted by Crippen LogP contribution is -2.08. The summed E-state index contributed by atoms with van der Waals surface area (Å²) >= 11 is 5.68. The van der Waals surface area contributed by atoms with E-state index < -0.39 is 11.8 Å². The highest BCUT2D eigenvalue weighted by Crippen LogP contribution is 2.27. The van der Waals surface area contributed by atoms with Crippen LogP contribution < -0.4 is 4.74 Å². The number of hydrogen-bond donors (Lipinski definition) is 0. The molecule has 0 unspecified atom stereocenters. The highest BCUT2D eigenvalue weighted by atomic mass is 35.5. The predicted octanol–water partition coefficient (Wildman–Crippen LogP) is 2.69. The van der Waals surface area contributed by atoms with E-state index >= 15 is 0 Å². The van der Waals surface area contributed by atoms with Gasteiger partial charge in [0.15, 0.2) is 11.6 Å². The van der Waals surface area contributed by atoms with E-state index in [1.54, 1.807) is 0 Å². The van der Waals surface area contributed by atoms with Crippen LogP contribution in [0.1, 0.15) is 10.4 Å². The molecule has 1 aromatic carbocycles. The summed E-state index contributed by atoms with van der Waals surface area (Å²) in [5.41, 5.74) is 0.0827. The largest absolute Gasteiger partial charge is 0.418 e. The number of rotatable bonds is 2. The van der Waals surface area contributed by atoms with E-state index in [2.05, 4.69) is 9.68 Å². The van der Waals surface area contributed by atoms with E-state index in [1.807, 2.05) is 0 Å². The number of carbonyl (C=O) groups excluding carboxylic acids is 1. The number of benzene rings is 1. The van der Waals surface area contributed by atoms with Crippen molar-refractivity contribution in [1.29, 1.82) is 0 Å². The Balaban J connectivity index is 2.25. The Bertz CT molecular complexity index is 493. The number of para-hydroxylation sites is 1. The summed E-state index contributed by atoms with van der Waals surface area (Å²) in [4.78, 5) is 11.4. The van der Waals surface area contributed by atoms with Gasteiger partial charge in [0.2, 0.25) is 0 Å². The number of nitrogens with zero attached hydrogens (tertiary/aromatic N) is 1. The number of esters is 1. The molecular weight excluding hydrogens is 237 g/mol. The van der Waals surface area contributed by atoms with Gasteiger partial charge in [0.25, 0.3) is 0 Å². The van der Waals surface area contributed by atoms with Gasteiger partial charge in [0.05, 0.1) is 11.2 Å². The average molecular weight is 242 g/mol. The van der Waals surface area contributed by atoms with Crippen molar-refractivity contribution in [2.24, 2.45) is 0 Å². The molecule has 2 rings (SSSR count). The fourth-order valence-electron chi connectivity index (χ4n) is 1.04. The molecule has 0 atom stereocenters. The summed E-state index contributed by atoms with van der Waals surface area (Å²) in [6.45, 7) is 0. The maximum atomic E-state index is 13.3. The van der Waals surface area contributed by atoms with E-state index in [9.17, 15) is 9.18 Å². The molecule has 0 saturated carbocycles. The molecule has 82 valence electrons. The van der Waals surface area contributed by atoms with Gasteiger partial charge in [-0.05, 0) is 12.1 Å². The smallest absolute Gasteiger partial charge is 0.348 e. The Kier molecular flexibility index (Phi) is 2.87. The topological polar surface area (TPSA) is 52.3 Å². The second-order valence-electron chi connectivity index (χ2n) is 2.85. The molecule has 0 N–H and O–H groups in total. The lowest BCUT2D eigenvalue weighted by Gasteiger charge is -2.05. The highest BCUT2D eigenvalue weighted by Gasteiger charge is 2.16. The average Bonchev–Trinajstić information content (AvgIpc) is 2.76. The third kappa shape index (κ3) is 2.04. The van der Waals surface area contributed by atoms with Gasteiger partial charge in [0, 0.05) is 0 Å². The molecule has 0 radical (unpaired) electrons. The van der Waals surface area contributed by atoms with Crippen molar-refractivity contribution in [3.63, 3.8) is 0 Å². The molecule has 0 aliphatic heterocycles. The Morgan fingerprint density at radius 3 is 2.94 bits per heavy atom. The van der Waals surface area contributed by atoms with Gasteiger partial charge in [-0.25, -0.2) is 9.18 Å². The molecule has 1 heterocycles. The summed E-state index contributed by atoms with van der Waals surface area (Å²) in [5.74, 6) is -1.80. The first-order valence-electron chi connectivity index (χ1n) is 4.24. The lowest BCUT2D eigenvalue weighted by molar-refractivity contribution is 0.0727. The minimum atomic E-state index is -0.784. The summed E-state index contributed by atoms with van der Waals surface area (Å²) in [6.07, 6.45) is 2.26. The zero-order valence-corrected chi connectivity index (χ0v) is 8.57. The van der Waals surface area contributed by atoms with E-state index in [1.165, 1.54) is 12.1 Å². The van der Waals surface area contributed by atoms with Crippen LogP contribution in [0.3, 0.4) is 0 Å². The van der Waals surface area contributed by atoms with Gasteiger partial charge in [-0.1, -0.05) is 22.8 Å². The SMILES string of the molecule is O=C(Oc1c(F)cccc1Cl)c1cnoc1. The first-order valence-corrected chi connectivity index (χ1v) is 4.62. The van der Waals surface area contributed by atoms with E-state index in [0.717, 1.165) is 18.5 Å². The molecule has 4 nitrogen and oxygen atoms in total. The van der Waals surface area contributed by atoms with Crippen LogP contribution in [0.2, 0.25) is 5.02 Å². The van der Waals surface area contributed by atoms with Crippen LogP contribution >= 0.6 is 11.6 Å². The quantitative estimate of drug-likeness (QED) is 0.599. The van der Waals surface area contributed by atoms with Crippen LogP contribution in [-0.2, 0) is 0 Å². The number of carbonyl (C=O) groups is 1. The summed E-state index contributed by atoms with van der Waals surface area (Å²) in [6, 6.07) is 3.97. The maximum Gasteiger partial charge on any atom is 0.348 e. The third-order valence-electron chi connectivity index (χ3n) is 1.78. The van der Waals surface area contributed by atoms with Gasteiger partial charge in [0.1, 0.15) is 11.8 Å². The van der Waals surface area contributed by atoms with Crippen LogP contribution in [0.15, 0.2) is 35.2 Å². The molecule has 6 heteroatoms. The molecule has 0 aliphatic carbocycles. The summed E-state index contributed by atoms with van der Waals surface area (Å²) in [5, 5.41) is 3.35. The third-order valence-corrected chi connectivity index (χ3v) is 2.08. The minimum Gasteiger partial charge on any atom is -0.418 e. The first kappa shape index (κ1) is 10.6. The molecule has 0 saturated heterocycles. The summed E-state index contributed by atoms with van der Waals surface area (Å²) in [7, 11) is 0. The molecular formula is C10H5ClFNO3. The Hall–Kier alpha value is -1.88. The fraction of sp³-hybridized carbons (Fsp3) is 0. The van der Waals surface area contributed by atoms with Crippen LogP contribution in [0.25, 0.3) is 0 Å². The van der Waals surface area contributed by atoms with Crippen molar-refractivity contribution >= 4 is 17.6 Å². The molecule has 0 amide bonds. The molecule has 2 aromatic rings. The van der Waals surface area contributed by atoms with E-state index in [4.69, 9.17) is 16.3 Å². The molecule has 0 fully saturated rings. The number of ether oxygens (including phenoxy) is 1.